The quantitative estimate of drug-likeness (QED) is 0.283. The van der Waals surface area contributed by atoms with Crippen molar-refractivity contribution >= 4 is 58.2 Å². The Morgan fingerprint density at radius 1 is 1.09 bits per heavy atom. The summed E-state index contributed by atoms with van der Waals surface area (Å²) in [6.45, 7) is 9.86. The van der Waals surface area contributed by atoms with E-state index in [2.05, 4.69) is 31.2 Å². The number of rotatable bonds is 9. The predicted molar refractivity (Wildman–Crippen MR) is 171 cm³/mol. The van der Waals surface area contributed by atoms with Crippen LogP contribution in [0.1, 0.15) is 46.1 Å². The van der Waals surface area contributed by atoms with Crippen molar-refractivity contribution < 1.29 is 19.1 Å². The first-order chi connectivity index (χ1) is 19.9. The molecule has 0 aliphatic carbocycles. The van der Waals surface area contributed by atoms with E-state index in [1.54, 1.807) is 31.0 Å². The fraction of sp³-hybridized carbons (Fsp3) is 0.452. The number of likely N-dealkylation sites (N-methyl/N-ethyl adjacent to an activating group) is 1. The van der Waals surface area contributed by atoms with E-state index in [0.29, 0.717) is 47.5 Å². The number of fused-ring (bicyclic) bond motifs is 1. The lowest BCUT2D eigenvalue weighted by Crippen LogP contribution is -2.59. The molecule has 12 heteroatoms. The van der Waals surface area contributed by atoms with E-state index in [-0.39, 0.29) is 30.1 Å². The minimum atomic E-state index is -0.795. The lowest BCUT2D eigenvalue weighted by molar-refractivity contribution is -0.143. The second-order valence-corrected chi connectivity index (χ2v) is 11.7. The highest BCUT2D eigenvalue weighted by Crippen LogP contribution is 2.34. The monoisotopic (exact) mass is 611 g/mol. The maximum atomic E-state index is 13.8. The van der Waals surface area contributed by atoms with Crippen LogP contribution in [0.3, 0.4) is 0 Å². The number of nitrogens with zero attached hydrogens (tertiary/aromatic N) is 3. The van der Waals surface area contributed by atoms with Crippen LogP contribution in [0.5, 0.6) is 5.75 Å². The van der Waals surface area contributed by atoms with Crippen molar-refractivity contribution in [2.75, 3.05) is 31.3 Å². The van der Waals surface area contributed by atoms with Crippen molar-refractivity contribution in [1.29, 1.82) is 0 Å². The van der Waals surface area contributed by atoms with Gasteiger partial charge in [-0.2, -0.15) is 0 Å². The van der Waals surface area contributed by atoms with Crippen molar-refractivity contribution in [3.05, 3.63) is 48.3 Å². The molecule has 0 spiro atoms. The summed E-state index contributed by atoms with van der Waals surface area (Å²) < 4.78 is 5.60. The molecule has 43 heavy (non-hydrogen) atoms. The summed E-state index contributed by atoms with van der Waals surface area (Å²) in [6.07, 6.45) is 2.66. The molecule has 4 N–H and O–H groups in total. The minimum absolute atomic E-state index is 0. The number of anilines is 3. The highest BCUT2D eigenvalue weighted by molar-refractivity contribution is 6.03. The lowest BCUT2D eigenvalue weighted by Gasteiger charge is -2.36. The smallest absolute Gasteiger partial charge is 0.247 e. The molecule has 0 unspecified atom stereocenters. The van der Waals surface area contributed by atoms with Crippen LogP contribution < -0.4 is 26.0 Å². The Hall–Kier alpha value is -3.96. The SMILES string of the molecule is CN[C@@H](C)C(=O)N[C@H](C(=O)N1CCC[C@H]1C(=O)Nc1cc2c(Nc3ccccc3C)ncnc2cc1OC)C(C)(C)C.Cl. The third kappa shape index (κ3) is 7.52. The molecule has 3 amide bonds. The van der Waals surface area contributed by atoms with E-state index >= 15 is 0 Å². The zero-order valence-electron chi connectivity index (χ0n) is 25.8. The van der Waals surface area contributed by atoms with Crippen LogP contribution in [0.2, 0.25) is 0 Å². The molecule has 3 atom stereocenters. The molecule has 4 rings (SSSR count). The van der Waals surface area contributed by atoms with Crippen LogP contribution in [0, 0.1) is 12.3 Å². The first kappa shape index (κ1) is 33.5. The number of para-hydroxylation sites is 1. The first-order valence-electron chi connectivity index (χ1n) is 14.2. The molecular weight excluding hydrogens is 570 g/mol. The van der Waals surface area contributed by atoms with Crippen molar-refractivity contribution in [1.82, 2.24) is 25.5 Å². The second-order valence-electron chi connectivity index (χ2n) is 11.7. The van der Waals surface area contributed by atoms with Crippen molar-refractivity contribution in [2.24, 2.45) is 5.41 Å². The molecule has 1 aromatic heterocycles. The van der Waals surface area contributed by atoms with Gasteiger partial charge in [0, 0.05) is 23.7 Å². The molecule has 0 saturated carbocycles. The van der Waals surface area contributed by atoms with Crippen molar-refractivity contribution in [2.45, 2.75) is 65.6 Å². The van der Waals surface area contributed by atoms with Gasteiger partial charge in [0.05, 0.1) is 24.4 Å². The van der Waals surface area contributed by atoms with Crippen LogP contribution in [-0.2, 0) is 14.4 Å². The molecule has 11 nitrogen and oxygen atoms in total. The zero-order chi connectivity index (χ0) is 30.6. The summed E-state index contributed by atoms with van der Waals surface area (Å²) in [7, 11) is 3.21. The minimum Gasteiger partial charge on any atom is -0.494 e. The molecule has 2 heterocycles. The van der Waals surface area contributed by atoms with Gasteiger partial charge in [-0.1, -0.05) is 39.0 Å². The Morgan fingerprint density at radius 2 is 1.81 bits per heavy atom. The van der Waals surface area contributed by atoms with Gasteiger partial charge < -0.3 is 30.9 Å². The predicted octanol–water partition coefficient (Wildman–Crippen LogP) is 4.18. The topological polar surface area (TPSA) is 138 Å². The average molecular weight is 612 g/mol. The number of carbonyl (C=O) groups excluding carboxylic acids is 3. The molecule has 1 aliphatic rings. The molecule has 1 saturated heterocycles. The van der Waals surface area contributed by atoms with Gasteiger partial charge in [-0.05, 0) is 56.8 Å². The summed E-state index contributed by atoms with van der Waals surface area (Å²) in [5.74, 6) is 0.147. The highest BCUT2D eigenvalue weighted by atomic mass is 35.5. The number of likely N-dealkylation sites (tertiary alicyclic amines) is 1. The Kier molecular flexibility index (Phi) is 10.9. The number of aromatic nitrogens is 2. The number of benzene rings is 2. The fourth-order valence-corrected chi connectivity index (χ4v) is 5.02. The van der Waals surface area contributed by atoms with Gasteiger partial charge in [0.25, 0.3) is 0 Å². The first-order valence-corrected chi connectivity index (χ1v) is 14.2. The van der Waals surface area contributed by atoms with Gasteiger partial charge in [0.15, 0.2) is 0 Å². The molecule has 0 bridgehead atoms. The van der Waals surface area contributed by atoms with Crippen molar-refractivity contribution in [3.63, 3.8) is 0 Å². The third-order valence-electron chi connectivity index (χ3n) is 7.68. The average Bonchev–Trinajstić information content (AvgIpc) is 3.46. The summed E-state index contributed by atoms with van der Waals surface area (Å²) >= 11 is 0. The van der Waals surface area contributed by atoms with Gasteiger partial charge in [0.2, 0.25) is 17.7 Å². The number of nitrogens with one attached hydrogen (secondary N) is 4. The molecule has 1 fully saturated rings. The van der Waals surface area contributed by atoms with Crippen LogP contribution in [0.4, 0.5) is 17.2 Å². The molecule has 3 aromatic rings. The van der Waals surface area contributed by atoms with Gasteiger partial charge >= 0.3 is 0 Å². The van der Waals surface area contributed by atoms with E-state index in [1.807, 2.05) is 52.0 Å². The summed E-state index contributed by atoms with van der Waals surface area (Å²) in [5, 5.41) is 12.9. The number of aryl methyl sites for hydroxylation is 1. The third-order valence-corrected chi connectivity index (χ3v) is 7.68. The number of carbonyl (C=O) groups is 3. The second kappa shape index (κ2) is 14.0. The Labute approximate surface area is 259 Å². The van der Waals surface area contributed by atoms with E-state index in [4.69, 9.17) is 4.74 Å². The number of amides is 3. The zero-order valence-corrected chi connectivity index (χ0v) is 26.6. The maximum absolute atomic E-state index is 13.8. The van der Waals surface area contributed by atoms with E-state index < -0.39 is 23.5 Å². The summed E-state index contributed by atoms with van der Waals surface area (Å²) in [5.41, 5.74) is 2.49. The van der Waals surface area contributed by atoms with Crippen molar-refractivity contribution in [3.8, 4) is 5.75 Å². The van der Waals surface area contributed by atoms with Crippen LogP contribution in [0.15, 0.2) is 42.7 Å². The number of halogens is 1. The molecule has 1 aliphatic heterocycles. The molecule has 232 valence electrons. The number of methoxy groups -OCH3 is 1. The Bertz CT molecular complexity index is 1480. The largest absolute Gasteiger partial charge is 0.494 e. The maximum Gasteiger partial charge on any atom is 0.247 e. The fourth-order valence-electron chi connectivity index (χ4n) is 5.02. The number of ether oxygens (including phenoxy) is 1. The molecular formula is C31H42ClN7O4. The van der Waals surface area contributed by atoms with Crippen LogP contribution in [0.25, 0.3) is 10.9 Å². The Morgan fingerprint density at radius 3 is 2.47 bits per heavy atom. The highest BCUT2D eigenvalue weighted by Gasteiger charge is 2.42. The van der Waals surface area contributed by atoms with Crippen LogP contribution >= 0.6 is 12.4 Å². The van der Waals surface area contributed by atoms with E-state index in [1.165, 1.54) is 13.4 Å². The van der Waals surface area contributed by atoms with Gasteiger partial charge in [-0.3, -0.25) is 14.4 Å². The standard InChI is InChI=1S/C31H41N7O4.ClH/c1-18-11-8-9-12-21(18)35-27-20-15-23(25(42-7)16-22(20)33-17-34-27)36-29(40)24-13-10-14-38(24)30(41)26(31(3,4)5)37-28(39)19(2)32-6;/h8-9,11-12,15-17,19,24,26,32H,10,13-14H2,1-7H3,(H,36,40)(H,37,39)(H,33,34,35);1H/t19-,24-,26+;/m0./s1. The van der Waals surface area contributed by atoms with E-state index in [9.17, 15) is 14.4 Å². The lowest BCUT2D eigenvalue weighted by atomic mass is 9.85. The summed E-state index contributed by atoms with van der Waals surface area (Å²) in [6, 6.07) is 9.46. The van der Waals surface area contributed by atoms with Crippen LogP contribution in [-0.4, -0.2) is 71.4 Å². The van der Waals surface area contributed by atoms with Gasteiger partial charge in [0.1, 0.15) is 30.0 Å². The number of hydrogen-bond acceptors (Lipinski definition) is 8. The van der Waals surface area contributed by atoms with E-state index in [0.717, 1.165) is 11.3 Å². The normalized spacial score (nSPS) is 16.2. The van der Waals surface area contributed by atoms with Gasteiger partial charge in [-0.25, -0.2) is 9.97 Å². The Balaban J connectivity index is 0.00000506. The van der Waals surface area contributed by atoms with Gasteiger partial charge in [-0.15, -0.1) is 12.4 Å². The molecule has 2 aromatic carbocycles. The summed E-state index contributed by atoms with van der Waals surface area (Å²) in [4.78, 5) is 50.6. The molecule has 0 radical (unpaired) electrons. The number of hydrogen-bond donors (Lipinski definition) is 4.